The summed E-state index contributed by atoms with van der Waals surface area (Å²) < 4.78 is 5.62. The zero-order valence-corrected chi connectivity index (χ0v) is 12.3. The summed E-state index contributed by atoms with van der Waals surface area (Å²) in [6.07, 6.45) is 2.00. The van der Waals surface area contributed by atoms with Gasteiger partial charge >= 0.3 is 0 Å². The van der Waals surface area contributed by atoms with Gasteiger partial charge in [-0.15, -0.1) is 0 Å². The molecule has 2 aromatic rings. The Balaban J connectivity index is 1.82. The molecular weight excluding hydrogens is 250 g/mol. The Morgan fingerprint density at radius 3 is 2.50 bits per heavy atom. The molecule has 1 N–H and O–H groups in total. The second-order valence-electron chi connectivity index (χ2n) is 5.01. The Kier molecular flexibility index (Phi) is 5.07. The average Bonchev–Trinajstić information content (AvgIpc) is 2.40. The number of nitrogens with one attached hydrogen (secondary N) is 1. The molecule has 0 amide bonds. The summed E-state index contributed by atoms with van der Waals surface area (Å²) in [4.78, 5) is 8.44. The summed E-state index contributed by atoms with van der Waals surface area (Å²) in [5.74, 6) is 1.72. The number of hydrogen-bond donors (Lipinski definition) is 1. The molecule has 0 aliphatic heterocycles. The predicted octanol–water partition coefficient (Wildman–Crippen LogP) is 2.86. The highest BCUT2D eigenvalue weighted by Gasteiger charge is 1.99. The minimum absolute atomic E-state index is 0.208. The van der Waals surface area contributed by atoms with Crippen molar-refractivity contribution in [2.75, 3.05) is 0 Å². The predicted molar refractivity (Wildman–Crippen MR) is 79.5 cm³/mol. The number of rotatable bonds is 6. The molecule has 1 heterocycles. The molecule has 0 unspecified atom stereocenters. The van der Waals surface area contributed by atoms with Crippen LogP contribution in [-0.4, -0.2) is 16.1 Å². The minimum Gasteiger partial charge on any atom is -0.491 e. The van der Waals surface area contributed by atoms with Crippen LogP contribution >= 0.6 is 0 Å². The van der Waals surface area contributed by atoms with Crippen LogP contribution in [0, 0.1) is 6.92 Å². The molecule has 0 aliphatic carbocycles. The van der Waals surface area contributed by atoms with Crippen LogP contribution in [0.4, 0.5) is 0 Å². The Hall–Kier alpha value is -1.94. The first-order valence-corrected chi connectivity index (χ1v) is 6.88. The highest BCUT2D eigenvalue weighted by molar-refractivity contribution is 5.27. The highest BCUT2D eigenvalue weighted by Crippen LogP contribution is 2.13. The molecule has 0 aliphatic rings. The molecule has 0 radical (unpaired) electrons. The van der Waals surface area contributed by atoms with Crippen molar-refractivity contribution in [3.8, 4) is 5.75 Å². The lowest BCUT2D eigenvalue weighted by molar-refractivity contribution is 0.242. The van der Waals surface area contributed by atoms with Crippen molar-refractivity contribution in [1.29, 1.82) is 0 Å². The van der Waals surface area contributed by atoms with Gasteiger partial charge in [0.05, 0.1) is 11.8 Å². The lowest BCUT2D eigenvalue weighted by Crippen LogP contribution is -2.14. The van der Waals surface area contributed by atoms with E-state index in [9.17, 15) is 0 Å². The molecule has 4 nitrogen and oxygen atoms in total. The first kappa shape index (κ1) is 14.5. The van der Waals surface area contributed by atoms with Gasteiger partial charge < -0.3 is 10.1 Å². The second-order valence-corrected chi connectivity index (χ2v) is 5.01. The van der Waals surface area contributed by atoms with Gasteiger partial charge in [0.2, 0.25) is 0 Å². The highest BCUT2D eigenvalue weighted by atomic mass is 16.5. The second kappa shape index (κ2) is 7.01. The van der Waals surface area contributed by atoms with E-state index in [1.165, 1.54) is 5.56 Å². The van der Waals surface area contributed by atoms with E-state index >= 15 is 0 Å². The van der Waals surface area contributed by atoms with Crippen LogP contribution < -0.4 is 10.1 Å². The van der Waals surface area contributed by atoms with Gasteiger partial charge in [0.1, 0.15) is 11.6 Å². The molecule has 0 fully saturated rings. The molecule has 0 bridgehead atoms. The summed E-state index contributed by atoms with van der Waals surface area (Å²) >= 11 is 0. The van der Waals surface area contributed by atoms with Crippen LogP contribution in [0.3, 0.4) is 0 Å². The summed E-state index contributed by atoms with van der Waals surface area (Å²) in [7, 11) is 0. The van der Waals surface area contributed by atoms with Gasteiger partial charge in [-0.05, 0) is 44.5 Å². The first-order chi connectivity index (χ1) is 9.63. The van der Waals surface area contributed by atoms with Gasteiger partial charge in [-0.2, -0.15) is 0 Å². The molecule has 2 rings (SSSR count). The summed E-state index contributed by atoms with van der Waals surface area (Å²) in [5, 5.41) is 3.37. The number of ether oxygens (including phenoxy) is 1. The van der Waals surface area contributed by atoms with Crippen molar-refractivity contribution < 1.29 is 4.74 Å². The summed E-state index contributed by atoms with van der Waals surface area (Å²) in [5.41, 5.74) is 2.24. The number of aryl methyl sites for hydroxylation is 1. The van der Waals surface area contributed by atoms with Crippen LogP contribution in [0.1, 0.15) is 30.9 Å². The fraction of sp³-hybridized carbons (Fsp3) is 0.375. The monoisotopic (exact) mass is 271 g/mol. The summed E-state index contributed by atoms with van der Waals surface area (Å²) in [6, 6.07) is 10.1. The minimum atomic E-state index is 0.208. The fourth-order valence-corrected chi connectivity index (χ4v) is 1.90. The van der Waals surface area contributed by atoms with E-state index in [4.69, 9.17) is 4.74 Å². The molecule has 4 heteroatoms. The van der Waals surface area contributed by atoms with Gasteiger partial charge in [-0.1, -0.05) is 12.1 Å². The van der Waals surface area contributed by atoms with Crippen molar-refractivity contribution in [3.05, 3.63) is 53.6 Å². The van der Waals surface area contributed by atoms with E-state index in [1.54, 1.807) is 6.20 Å². The van der Waals surface area contributed by atoms with Crippen LogP contribution in [0.5, 0.6) is 5.75 Å². The maximum atomic E-state index is 5.62. The van der Waals surface area contributed by atoms with E-state index in [0.29, 0.717) is 0 Å². The number of aromatic nitrogens is 2. The van der Waals surface area contributed by atoms with Crippen molar-refractivity contribution >= 4 is 0 Å². The third-order valence-corrected chi connectivity index (χ3v) is 2.76. The lowest BCUT2D eigenvalue weighted by atomic mass is 10.2. The van der Waals surface area contributed by atoms with E-state index in [0.717, 1.165) is 30.4 Å². The molecule has 1 aromatic heterocycles. The lowest BCUT2D eigenvalue weighted by Gasteiger charge is -2.10. The topological polar surface area (TPSA) is 47.0 Å². The molecular formula is C16H21N3O. The zero-order valence-electron chi connectivity index (χ0n) is 12.3. The summed E-state index contributed by atoms with van der Waals surface area (Å²) in [6.45, 7) is 7.51. The van der Waals surface area contributed by atoms with Gasteiger partial charge in [0.15, 0.2) is 0 Å². The molecule has 0 saturated carbocycles. The maximum Gasteiger partial charge on any atom is 0.125 e. The molecule has 20 heavy (non-hydrogen) atoms. The van der Waals surface area contributed by atoms with Crippen molar-refractivity contribution in [1.82, 2.24) is 15.3 Å². The SMILES string of the molecule is Cc1nccc(CNCc2ccc(OC(C)C)cc2)n1. The molecule has 1 aromatic carbocycles. The Morgan fingerprint density at radius 1 is 1.10 bits per heavy atom. The standard InChI is InChI=1S/C16H21N3O/c1-12(2)20-16-6-4-14(5-7-16)10-17-11-15-8-9-18-13(3)19-15/h4-9,12,17H,10-11H2,1-3H3. The molecule has 0 atom stereocenters. The maximum absolute atomic E-state index is 5.62. The van der Waals surface area contributed by atoms with Crippen LogP contribution in [0.15, 0.2) is 36.5 Å². The van der Waals surface area contributed by atoms with Gasteiger partial charge in [-0.3, -0.25) is 0 Å². The van der Waals surface area contributed by atoms with Crippen molar-refractivity contribution in [2.24, 2.45) is 0 Å². The largest absolute Gasteiger partial charge is 0.491 e. The Morgan fingerprint density at radius 2 is 1.85 bits per heavy atom. The third kappa shape index (κ3) is 4.63. The van der Waals surface area contributed by atoms with Crippen molar-refractivity contribution in [2.45, 2.75) is 40.0 Å². The normalized spacial score (nSPS) is 10.8. The third-order valence-electron chi connectivity index (χ3n) is 2.76. The average molecular weight is 271 g/mol. The van der Waals surface area contributed by atoms with Crippen LogP contribution in [0.2, 0.25) is 0 Å². The van der Waals surface area contributed by atoms with Gasteiger partial charge in [0, 0.05) is 19.3 Å². The number of hydrogen-bond acceptors (Lipinski definition) is 4. The molecule has 0 saturated heterocycles. The Bertz CT molecular complexity index is 538. The number of nitrogens with zero attached hydrogens (tertiary/aromatic N) is 2. The van der Waals surface area contributed by atoms with E-state index in [1.807, 2.05) is 39.0 Å². The van der Waals surface area contributed by atoms with Crippen molar-refractivity contribution in [3.63, 3.8) is 0 Å². The van der Waals surface area contributed by atoms with E-state index in [-0.39, 0.29) is 6.10 Å². The quantitative estimate of drug-likeness (QED) is 0.877. The van der Waals surface area contributed by atoms with Crippen LogP contribution in [0.25, 0.3) is 0 Å². The van der Waals surface area contributed by atoms with Gasteiger partial charge in [0.25, 0.3) is 0 Å². The Labute approximate surface area is 120 Å². The fourth-order valence-electron chi connectivity index (χ4n) is 1.90. The zero-order chi connectivity index (χ0) is 14.4. The first-order valence-electron chi connectivity index (χ1n) is 6.88. The molecule has 106 valence electrons. The molecule has 0 spiro atoms. The van der Waals surface area contributed by atoms with E-state index < -0.39 is 0 Å². The number of benzene rings is 1. The smallest absolute Gasteiger partial charge is 0.125 e. The van der Waals surface area contributed by atoms with Gasteiger partial charge in [-0.25, -0.2) is 9.97 Å². The van der Waals surface area contributed by atoms with E-state index in [2.05, 4.69) is 27.4 Å². The van der Waals surface area contributed by atoms with Crippen LogP contribution in [-0.2, 0) is 13.1 Å².